The fourth-order valence-electron chi connectivity index (χ4n) is 2.44. The van der Waals surface area contributed by atoms with Crippen molar-refractivity contribution in [3.05, 3.63) is 65.5 Å². The van der Waals surface area contributed by atoms with E-state index in [-0.39, 0.29) is 11.3 Å². The van der Waals surface area contributed by atoms with Gasteiger partial charge >= 0.3 is 0 Å². The first-order valence-corrected chi connectivity index (χ1v) is 7.55. The van der Waals surface area contributed by atoms with Crippen molar-refractivity contribution in [2.45, 2.75) is 31.9 Å². The van der Waals surface area contributed by atoms with Crippen LogP contribution < -0.4 is 5.32 Å². The summed E-state index contributed by atoms with van der Waals surface area (Å²) in [5.41, 5.74) is 0.529. The molecular formula is C18H20FNO3. The molecule has 2 aromatic rings. The van der Waals surface area contributed by atoms with Gasteiger partial charge in [0.1, 0.15) is 11.6 Å². The number of benzene rings is 2. The Kier molecular flexibility index (Phi) is 5.71. The number of carbonyl (C=O) groups is 1. The van der Waals surface area contributed by atoms with Crippen molar-refractivity contribution in [2.24, 2.45) is 0 Å². The maximum atomic E-state index is 13.8. The number of aliphatic hydroxyl groups is 1. The smallest absolute Gasteiger partial charge is 0.254 e. The minimum Gasteiger partial charge on any atom is -0.508 e. The lowest BCUT2D eigenvalue weighted by atomic mass is 9.98. The Morgan fingerprint density at radius 1 is 1.22 bits per heavy atom. The average Bonchev–Trinajstić information content (AvgIpc) is 2.54. The summed E-state index contributed by atoms with van der Waals surface area (Å²) in [5, 5.41) is 22.4. The van der Waals surface area contributed by atoms with E-state index in [0.717, 1.165) is 12.5 Å². The Morgan fingerprint density at radius 2 is 1.91 bits per heavy atom. The number of hydrogen-bond acceptors (Lipinski definition) is 3. The van der Waals surface area contributed by atoms with Crippen LogP contribution in [0.1, 0.15) is 41.8 Å². The molecule has 0 saturated carbocycles. The molecule has 0 heterocycles. The lowest BCUT2D eigenvalue weighted by molar-refractivity contribution is 0.0816. The van der Waals surface area contributed by atoms with Crippen LogP contribution in [0.4, 0.5) is 4.39 Å². The quantitative estimate of drug-likeness (QED) is 0.766. The van der Waals surface area contributed by atoms with E-state index in [1.54, 1.807) is 12.1 Å². The van der Waals surface area contributed by atoms with Crippen molar-refractivity contribution in [1.82, 2.24) is 5.32 Å². The molecule has 2 atom stereocenters. The predicted octanol–water partition coefficient (Wildman–Crippen LogP) is 3.16. The second kappa shape index (κ2) is 7.74. The van der Waals surface area contributed by atoms with E-state index in [4.69, 9.17) is 0 Å². The number of phenolic OH excluding ortho intramolecular Hbond substituents is 1. The molecule has 122 valence electrons. The van der Waals surface area contributed by atoms with Crippen molar-refractivity contribution < 1.29 is 19.4 Å². The van der Waals surface area contributed by atoms with Crippen LogP contribution >= 0.6 is 0 Å². The van der Waals surface area contributed by atoms with Crippen molar-refractivity contribution in [1.29, 1.82) is 0 Å². The van der Waals surface area contributed by atoms with E-state index in [0.29, 0.717) is 12.0 Å². The van der Waals surface area contributed by atoms with E-state index in [1.165, 1.54) is 12.1 Å². The maximum Gasteiger partial charge on any atom is 0.254 e. The summed E-state index contributed by atoms with van der Waals surface area (Å²) in [6, 6.07) is 11.8. The molecule has 0 saturated heterocycles. The molecule has 2 aromatic carbocycles. The van der Waals surface area contributed by atoms with Gasteiger partial charge in [0, 0.05) is 6.07 Å². The Bertz CT molecular complexity index is 661. The molecule has 4 nitrogen and oxygen atoms in total. The number of hydrogen-bond donors (Lipinski definition) is 3. The Balaban J connectivity index is 2.17. The van der Waals surface area contributed by atoms with Crippen LogP contribution in [0, 0.1) is 5.82 Å². The fraction of sp³-hybridized carbons (Fsp3) is 0.278. The van der Waals surface area contributed by atoms with Crippen LogP contribution in [-0.4, -0.2) is 22.2 Å². The van der Waals surface area contributed by atoms with Gasteiger partial charge in [-0.25, -0.2) is 4.39 Å². The van der Waals surface area contributed by atoms with Gasteiger partial charge in [-0.2, -0.15) is 0 Å². The lowest BCUT2D eigenvalue weighted by Gasteiger charge is -2.24. The van der Waals surface area contributed by atoms with Crippen molar-refractivity contribution >= 4 is 5.91 Å². The van der Waals surface area contributed by atoms with Crippen LogP contribution in [0.25, 0.3) is 0 Å². The number of nitrogens with one attached hydrogen (secondary N) is 1. The fourth-order valence-corrected chi connectivity index (χ4v) is 2.44. The van der Waals surface area contributed by atoms with E-state index >= 15 is 0 Å². The minimum atomic E-state index is -0.875. The summed E-state index contributed by atoms with van der Waals surface area (Å²) in [6.07, 6.45) is 0.439. The largest absolute Gasteiger partial charge is 0.508 e. The molecule has 3 N–H and O–H groups in total. The third-order valence-electron chi connectivity index (χ3n) is 3.64. The molecule has 0 aliphatic carbocycles. The molecule has 0 spiro atoms. The highest BCUT2D eigenvalue weighted by Gasteiger charge is 2.23. The average molecular weight is 317 g/mol. The number of aliphatic hydroxyl groups excluding tert-OH is 1. The summed E-state index contributed by atoms with van der Waals surface area (Å²) < 4.78 is 13.8. The second-order valence-electron chi connectivity index (χ2n) is 5.39. The van der Waals surface area contributed by atoms with Gasteiger partial charge in [0.15, 0.2) is 0 Å². The molecule has 1 amide bonds. The molecule has 2 unspecified atom stereocenters. The Hall–Kier alpha value is -2.40. The van der Waals surface area contributed by atoms with Gasteiger partial charge in [-0.05, 0) is 24.1 Å². The molecule has 0 radical (unpaired) electrons. The van der Waals surface area contributed by atoms with Gasteiger partial charge < -0.3 is 15.5 Å². The van der Waals surface area contributed by atoms with Crippen LogP contribution in [0.3, 0.4) is 0 Å². The Morgan fingerprint density at radius 3 is 2.52 bits per heavy atom. The molecule has 0 aliphatic rings. The highest BCUT2D eigenvalue weighted by molar-refractivity contribution is 5.94. The number of halogens is 1. The van der Waals surface area contributed by atoms with Gasteiger partial charge in [0.05, 0.1) is 17.7 Å². The van der Waals surface area contributed by atoms with Gasteiger partial charge in [-0.3, -0.25) is 4.79 Å². The third-order valence-corrected chi connectivity index (χ3v) is 3.64. The first-order chi connectivity index (χ1) is 11.0. The number of carbonyl (C=O) groups excluding carboxylic acids is 1. The molecule has 0 aromatic heterocycles. The standard InChI is InChI=1S/C18H20FNO3/c1-2-6-16(17(22)12-7-4-3-5-8-12)20-18(23)14-10-9-13(21)11-15(14)19/h3-5,7-11,16-17,21-22H,2,6H2,1H3,(H,20,23). The topological polar surface area (TPSA) is 69.6 Å². The van der Waals surface area contributed by atoms with E-state index in [1.807, 2.05) is 25.1 Å². The van der Waals surface area contributed by atoms with Gasteiger partial charge in [-0.1, -0.05) is 43.7 Å². The second-order valence-corrected chi connectivity index (χ2v) is 5.39. The first kappa shape index (κ1) is 17.0. The van der Waals surface area contributed by atoms with Crippen molar-refractivity contribution in [3.63, 3.8) is 0 Å². The maximum absolute atomic E-state index is 13.8. The minimum absolute atomic E-state index is 0.163. The zero-order valence-electron chi connectivity index (χ0n) is 12.9. The van der Waals surface area contributed by atoms with Crippen molar-refractivity contribution in [2.75, 3.05) is 0 Å². The third kappa shape index (κ3) is 4.29. The predicted molar refractivity (Wildman–Crippen MR) is 85.6 cm³/mol. The van der Waals surface area contributed by atoms with E-state index in [2.05, 4.69) is 5.32 Å². The lowest BCUT2D eigenvalue weighted by Crippen LogP contribution is -2.39. The molecule has 5 heteroatoms. The summed E-state index contributed by atoms with van der Waals surface area (Å²) in [5.74, 6) is -1.66. The molecule has 2 rings (SSSR count). The zero-order valence-corrected chi connectivity index (χ0v) is 12.9. The first-order valence-electron chi connectivity index (χ1n) is 7.55. The SMILES string of the molecule is CCCC(NC(=O)c1ccc(O)cc1F)C(O)c1ccccc1. The van der Waals surface area contributed by atoms with Crippen LogP contribution in [0.15, 0.2) is 48.5 Å². The van der Waals surface area contributed by atoms with Crippen molar-refractivity contribution in [3.8, 4) is 5.75 Å². The van der Waals surface area contributed by atoms with E-state index in [9.17, 15) is 19.4 Å². The number of phenols is 1. The molecule has 23 heavy (non-hydrogen) atoms. The van der Waals surface area contributed by atoms with Crippen LogP contribution in [0.2, 0.25) is 0 Å². The number of aromatic hydroxyl groups is 1. The molecule has 0 bridgehead atoms. The van der Waals surface area contributed by atoms with E-state index < -0.39 is 23.9 Å². The molecule has 0 fully saturated rings. The summed E-state index contributed by atoms with van der Waals surface area (Å²) in [7, 11) is 0. The number of amides is 1. The summed E-state index contributed by atoms with van der Waals surface area (Å²) in [6.45, 7) is 1.94. The summed E-state index contributed by atoms with van der Waals surface area (Å²) >= 11 is 0. The molecular weight excluding hydrogens is 297 g/mol. The Labute approximate surface area is 134 Å². The summed E-state index contributed by atoms with van der Waals surface area (Å²) in [4.78, 5) is 12.3. The number of rotatable bonds is 6. The highest BCUT2D eigenvalue weighted by Crippen LogP contribution is 2.21. The van der Waals surface area contributed by atoms with Crippen LogP contribution in [-0.2, 0) is 0 Å². The van der Waals surface area contributed by atoms with Gasteiger partial charge in [0.2, 0.25) is 0 Å². The van der Waals surface area contributed by atoms with Gasteiger partial charge in [0.25, 0.3) is 5.91 Å². The normalized spacial score (nSPS) is 13.3. The zero-order chi connectivity index (χ0) is 16.8. The van der Waals surface area contributed by atoms with Crippen LogP contribution in [0.5, 0.6) is 5.75 Å². The van der Waals surface area contributed by atoms with Gasteiger partial charge in [-0.15, -0.1) is 0 Å². The molecule has 0 aliphatic heterocycles. The highest BCUT2D eigenvalue weighted by atomic mass is 19.1. The monoisotopic (exact) mass is 317 g/mol.